The first-order chi connectivity index (χ1) is 9.20. The first-order valence-electron chi connectivity index (χ1n) is 5.46. The van der Waals surface area contributed by atoms with Crippen LogP contribution >= 0.6 is 59.1 Å². The lowest BCUT2D eigenvalue weighted by molar-refractivity contribution is -0.137. The molecule has 2 rings (SSSR count). The summed E-state index contributed by atoms with van der Waals surface area (Å²) in [4.78, 5) is 1.76. The van der Waals surface area contributed by atoms with Gasteiger partial charge in [-0.3, -0.25) is 0 Å². The van der Waals surface area contributed by atoms with Crippen LogP contribution in [0.1, 0.15) is 25.7 Å². The molecule has 1 heterocycles. The molecule has 0 saturated carbocycles. The molecule has 0 N–H and O–H groups in total. The average molecular weight is 493 g/mol. The third kappa shape index (κ3) is 3.48. The van der Waals surface area contributed by atoms with Crippen LogP contribution in [-0.2, 0) is 6.18 Å². The van der Waals surface area contributed by atoms with Gasteiger partial charge in [-0.25, -0.2) is 0 Å². The van der Waals surface area contributed by atoms with Crippen LogP contribution in [0.2, 0.25) is 0 Å². The van der Waals surface area contributed by atoms with Crippen molar-refractivity contribution in [1.82, 2.24) is 0 Å². The van der Waals surface area contributed by atoms with E-state index in [1.54, 1.807) is 11.3 Å². The normalized spacial score (nSPS) is 13.6. The molecule has 20 heavy (non-hydrogen) atoms. The fourth-order valence-electron chi connectivity index (χ4n) is 1.67. The van der Waals surface area contributed by atoms with E-state index in [0.717, 1.165) is 20.3 Å². The molecule has 0 saturated heterocycles. The highest BCUT2D eigenvalue weighted by atomic mass is 79.9. The monoisotopic (exact) mass is 490 g/mol. The molecule has 108 valence electrons. The second-order valence-corrected chi connectivity index (χ2v) is 8.06. The van der Waals surface area contributed by atoms with Crippen LogP contribution in [0.25, 0.3) is 0 Å². The Kier molecular flexibility index (Phi) is 5.04. The van der Waals surface area contributed by atoms with E-state index in [1.165, 1.54) is 12.1 Å². The Bertz CT molecular complexity index is 615. The summed E-state index contributed by atoms with van der Waals surface area (Å²) in [7, 11) is 0. The van der Waals surface area contributed by atoms with Gasteiger partial charge in [0.2, 0.25) is 0 Å². The topological polar surface area (TPSA) is 0 Å². The molecule has 0 bridgehead atoms. The molecule has 7 heteroatoms. The van der Waals surface area contributed by atoms with Crippen LogP contribution in [0.4, 0.5) is 13.2 Å². The Balaban J connectivity index is 2.46. The van der Waals surface area contributed by atoms with E-state index in [1.807, 2.05) is 13.0 Å². The molecular formula is C13H8Br3F3S. The van der Waals surface area contributed by atoms with E-state index in [9.17, 15) is 13.2 Å². The molecule has 1 aromatic carbocycles. The van der Waals surface area contributed by atoms with Gasteiger partial charge in [0.05, 0.1) is 10.4 Å². The van der Waals surface area contributed by atoms with Gasteiger partial charge >= 0.3 is 6.18 Å². The number of hydrogen-bond acceptors (Lipinski definition) is 1. The molecule has 0 fully saturated rings. The average Bonchev–Trinajstić information content (AvgIpc) is 2.68. The van der Waals surface area contributed by atoms with Gasteiger partial charge in [-0.05, 0) is 52.7 Å². The van der Waals surface area contributed by atoms with Gasteiger partial charge in [-0.1, -0.05) is 31.9 Å². The molecule has 2 aromatic rings. The lowest BCUT2D eigenvalue weighted by Crippen LogP contribution is -2.06. The zero-order valence-electron chi connectivity index (χ0n) is 10.1. The van der Waals surface area contributed by atoms with Crippen LogP contribution in [-0.4, -0.2) is 0 Å². The third-order valence-corrected chi connectivity index (χ3v) is 6.94. The summed E-state index contributed by atoms with van der Waals surface area (Å²) in [6.07, 6.45) is -4.34. The second kappa shape index (κ2) is 6.10. The van der Waals surface area contributed by atoms with Crippen LogP contribution in [0.3, 0.4) is 0 Å². The van der Waals surface area contributed by atoms with Crippen LogP contribution in [0, 0.1) is 6.92 Å². The minimum atomic E-state index is -4.34. The highest BCUT2D eigenvalue weighted by Gasteiger charge is 2.31. The Morgan fingerprint density at radius 2 is 1.75 bits per heavy atom. The van der Waals surface area contributed by atoms with Crippen molar-refractivity contribution in [1.29, 1.82) is 0 Å². The van der Waals surface area contributed by atoms with Crippen molar-refractivity contribution in [2.24, 2.45) is 0 Å². The van der Waals surface area contributed by atoms with E-state index in [2.05, 4.69) is 47.8 Å². The third-order valence-electron chi connectivity index (χ3n) is 2.72. The van der Waals surface area contributed by atoms with Crippen LogP contribution < -0.4 is 0 Å². The van der Waals surface area contributed by atoms with Crippen molar-refractivity contribution in [2.75, 3.05) is 0 Å². The van der Waals surface area contributed by atoms with Crippen LogP contribution in [0.15, 0.2) is 33.2 Å². The van der Waals surface area contributed by atoms with Gasteiger partial charge in [-0.2, -0.15) is 13.2 Å². The maximum absolute atomic E-state index is 12.8. The highest BCUT2D eigenvalue weighted by Crippen LogP contribution is 2.43. The Labute approximate surface area is 143 Å². The lowest BCUT2D eigenvalue weighted by atomic mass is 10.1. The molecule has 1 aromatic heterocycles. The minimum Gasteiger partial charge on any atom is -0.166 e. The Hall–Kier alpha value is 0.150. The maximum Gasteiger partial charge on any atom is 0.416 e. The number of thiophene rings is 1. The van der Waals surface area contributed by atoms with E-state index in [4.69, 9.17) is 0 Å². The van der Waals surface area contributed by atoms with Crippen molar-refractivity contribution >= 4 is 59.1 Å². The fourth-order valence-corrected chi connectivity index (χ4v) is 4.81. The predicted octanol–water partition coefficient (Wildman–Crippen LogP) is 7.08. The van der Waals surface area contributed by atoms with Crippen molar-refractivity contribution in [2.45, 2.75) is 17.9 Å². The number of rotatable bonds is 2. The first-order valence-corrected chi connectivity index (χ1v) is 8.78. The molecule has 0 spiro atoms. The predicted molar refractivity (Wildman–Crippen MR) is 86.7 cm³/mol. The minimum absolute atomic E-state index is 0.283. The van der Waals surface area contributed by atoms with E-state index < -0.39 is 11.7 Å². The zero-order chi connectivity index (χ0) is 15.1. The van der Waals surface area contributed by atoms with Crippen LogP contribution in [0.5, 0.6) is 0 Å². The van der Waals surface area contributed by atoms with Gasteiger partial charge in [0.1, 0.15) is 0 Å². The van der Waals surface area contributed by atoms with Gasteiger partial charge in [0.25, 0.3) is 0 Å². The molecule has 1 atom stereocenters. The van der Waals surface area contributed by atoms with Crippen molar-refractivity contribution in [3.05, 3.63) is 54.1 Å². The van der Waals surface area contributed by atoms with Crippen molar-refractivity contribution in [3.8, 4) is 0 Å². The number of alkyl halides is 4. The van der Waals surface area contributed by atoms with E-state index >= 15 is 0 Å². The molecule has 0 aliphatic carbocycles. The summed E-state index contributed by atoms with van der Waals surface area (Å²) in [5, 5.41) is 0. The Morgan fingerprint density at radius 3 is 2.25 bits per heavy atom. The summed E-state index contributed by atoms with van der Waals surface area (Å²) in [6.45, 7) is 1.96. The summed E-state index contributed by atoms with van der Waals surface area (Å²) in [6, 6.07) is 5.60. The molecular weight excluding hydrogens is 485 g/mol. The SMILES string of the molecule is Cc1sc(C(Br)c2cc(C(F)(F)F)ccc2Br)cc1Br. The molecule has 0 nitrogen and oxygen atoms in total. The summed E-state index contributed by atoms with van der Waals surface area (Å²) in [5.74, 6) is 0. The van der Waals surface area contributed by atoms with Gasteiger partial charge < -0.3 is 0 Å². The zero-order valence-corrected chi connectivity index (χ0v) is 15.6. The standard InChI is InChI=1S/C13H8Br3F3S/c1-6-10(15)5-11(20-6)12(16)8-4-7(13(17,18)19)2-3-9(8)14/h2-5,12H,1H3. The highest BCUT2D eigenvalue weighted by molar-refractivity contribution is 9.11. The number of hydrogen-bond donors (Lipinski definition) is 0. The van der Waals surface area contributed by atoms with E-state index in [0.29, 0.717) is 10.0 Å². The summed E-state index contributed by atoms with van der Waals surface area (Å²) in [5.41, 5.74) is -0.0823. The van der Waals surface area contributed by atoms with Gasteiger partial charge in [0, 0.05) is 18.7 Å². The van der Waals surface area contributed by atoms with E-state index in [-0.39, 0.29) is 4.83 Å². The second-order valence-electron chi connectivity index (χ2n) is 4.15. The van der Waals surface area contributed by atoms with Gasteiger partial charge in [-0.15, -0.1) is 11.3 Å². The molecule has 0 aliphatic heterocycles. The maximum atomic E-state index is 12.8. The number of halogens is 6. The number of benzene rings is 1. The molecule has 0 aliphatic rings. The van der Waals surface area contributed by atoms with Gasteiger partial charge in [0.15, 0.2) is 0 Å². The Morgan fingerprint density at radius 1 is 1.10 bits per heavy atom. The summed E-state index contributed by atoms with van der Waals surface area (Å²) >= 11 is 11.8. The smallest absolute Gasteiger partial charge is 0.166 e. The molecule has 0 radical (unpaired) electrons. The van der Waals surface area contributed by atoms with Crippen molar-refractivity contribution < 1.29 is 13.2 Å². The lowest BCUT2D eigenvalue weighted by Gasteiger charge is -2.14. The van der Waals surface area contributed by atoms with Crippen molar-refractivity contribution in [3.63, 3.8) is 0 Å². The first kappa shape index (κ1) is 16.5. The molecule has 0 amide bonds. The number of aryl methyl sites for hydroxylation is 1. The molecule has 1 unspecified atom stereocenters. The fraction of sp³-hybridized carbons (Fsp3) is 0.231. The summed E-state index contributed by atoms with van der Waals surface area (Å²) < 4.78 is 40.0. The largest absolute Gasteiger partial charge is 0.416 e. The quantitative estimate of drug-likeness (QED) is 0.393.